The second-order valence-electron chi connectivity index (χ2n) is 2.01. The van der Waals surface area contributed by atoms with E-state index in [4.69, 9.17) is 14.0 Å². The van der Waals surface area contributed by atoms with Crippen LogP contribution in [0.15, 0.2) is 35.6 Å². The van der Waals surface area contributed by atoms with Crippen LogP contribution in [0.25, 0.3) is 10.6 Å². The van der Waals surface area contributed by atoms with Crippen LogP contribution in [0.4, 0.5) is 5.82 Å². The van der Waals surface area contributed by atoms with E-state index in [1.807, 2.05) is 0 Å². The summed E-state index contributed by atoms with van der Waals surface area (Å²) >= 11 is 0.882. The zero-order valence-electron chi connectivity index (χ0n) is 11.9. The van der Waals surface area contributed by atoms with E-state index in [-0.39, 0.29) is 33.8 Å². The Morgan fingerprint density at radius 3 is 2.67 bits per heavy atom. The summed E-state index contributed by atoms with van der Waals surface area (Å²) in [6.45, 7) is 0. The highest BCUT2D eigenvalue weighted by atomic mass is 32.1. The van der Waals surface area contributed by atoms with Gasteiger partial charge < -0.3 is 5.73 Å². The maximum atomic E-state index is 7.74. The molecule has 0 bridgehead atoms. The quantitative estimate of drug-likeness (QED) is 0.735. The Kier molecular flexibility index (Phi) is 0.782. The van der Waals surface area contributed by atoms with Crippen LogP contribution in [0.2, 0.25) is 0 Å². The Balaban J connectivity index is 2.79. The van der Waals surface area contributed by atoms with Crippen molar-refractivity contribution in [3.8, 4) is 10.6 Å². The fourth-order valence-corrected chi connectivity index (χ4v) is 1.31. The van der Waals surface area contributed by atoms with Crippen LogP contribution in [0.1, 0.15) is 8.22 Å². The van der Waals surface area contributed by atoms with Crippen molar-refractivity contribution in [2.45, 2.75) is 0 Å². The molecule has 0 spiro atoms. The van der Waals surface area contributed by atoms with Crippen LogP contribution in [0, 0.1) is 0 Å². The van der Waals surface area contributed by atoms with Crippen molar-refractivity contribution in [3.05, 3.63) is 35.6 Å². The first-order valence-electron chi connectivity index (χ1n) is 6.14. The third kappa shape index (κ3) is 1.31. The Bertz CT molecular complexity index is 590. The highest BCUT2D eigenvalue weighted by Crippen LogP contribution is 2.23. The lowest BCUT2D eigenvalue weighted by molar-refractivity contribution is 1.42. The van der Waals surface area contributed by atoms with Gasteiger partial charge in [-0.15, -0.1) is 11.3 Å². The van der Waals surface area contributed by atoms with Crippen molar-refractivity contribution in [1.82, 2.24) is 4.98 Å². The van der Waals surface area contributed by atoms with Gasteiger partial charge in [0.2, 0.25) is 0 Å². The lowest BCUT2D eigenvalue weighted by Crippen LogP contribution is -1.82. The van der Waals surface area contributed by atoms with Gasteiger partial charge in [-0.05, 0) is 0 Å². The minimum atomic E-state index is -0.454. The average molecular weight is 182 g/mol. The SMILES string of the molecule is [2H]c1sc(-c2c([2H])c([2H])c([2H])c([2H])c2[2H])nc1N. The normalized spacial score (nSPS) is 17.0. The van der Waals surface area contributed by atoms with Crippen LogP contribution in [-0.4, -0.2) is 4.98 Å². The molecule has 0 saturated heterocycles. The van der Waals surface area contributed by atoms with Gasteiger partial charge in [0.25, 0.3) is 0 Å². The van der Waals surface area contributed by atoms with Gasteiger partial charge in [-0.1, -0.05) is 30.2 Å². The molecule has 0 atom stereocenters. The van der Waals surface area contributed by atoms with E-state index >= 15 is 0 Å². The summed E-state index contributed by atoms with van der Waals surface area (Å²) in [7, 11) is 0. The van der Waals surface area contributed by atoms with Crippen molar-refractivity contribution in [2.24, 2.45) is 0 Å². The molecule has 2 aromatic rings. The molecule has 60 valence electrons. The van der Waals surface area contributed by atoms with E-state index in [1.54, 1.807) is 0 Å². The van der Waals surface area contributed by atoms with Crippen molar-refractivity contribution in [2.75, 3.05) is 5.73 Å². The zero-order chi connectivity index (χ0) is 13.6. The predicted molar refractivity (Wildman–Crippen MR) is 52.0 cm³/mol. The van der Waals surface area contributed by atoms with Gasteiger partial charge in [0.15, 0.2) is 0 Å². The number of rotatable bonds is 1. The van der Waals surface area contributed by atoms with E-state index in [1.165, 1.54) is 0 Å². The van der Waals surface area contributed by atoms with Crippen LogP contribution < -0.4 is 5.73 Å². The molecule has 1 aromatic heterocycles. The van der Waals surface area contributed by atoms with Crippen molar-refractivity contribution >= 4 is 17.2 Å². The summed E-state index contributed by atoms with van der Waals surface area (Å²) < 4.78 is 45.5. The summed E-state index contributed by atoms with van der Waals surface area (Å²) in [5.74, 6) is -0.0122. The number of nitrogen functional groups attached to an aromatic ring is 1. The smallest absolute Gasteiger partial charge is 0.135 e. The number of anilines is 1. The Morgan fingerprint density at radius 1 is 1.33 bits per heavy atom. The number of nitrogens with zero attached hydrogens (tertiary/aromatic N) is 1. The Hall–Kier alpha value is -1.35. The molecule has 0 saturated carbocycles. The molecule has 0 aliphatic heterocycles. The van der Waals surface area contributed by atoms with E-state index < -0.39 is 18.1 Å². The van der Waals surface area contributed by atoms with Crippen LogP contribution in [0.5, 0.6) is 0 Å². The molecule has 0 aliphatic rings. The Labute approximate surface area is 83.1 Å². The summed E-state index contributed by atoms with van der Waals surface area (Å²) in [5, 5.41) is 0.173. The molecular weight excluding hydrogens is 168 g/mol. The molecule has 3 heteroatoms. The average Bonchev–Trinajstić information content (AvgIpc) is 2.64. The maximum Gasteiger partial charge on any atom is 0.135 e. The minimum absolute atomic E-state index is 0.0109. The van der Waals surface area contributed by atoms with Crippen LogP contribution >= 0.6 is 11.3 Å². The lowest BCUT2D eigenvalue weighted by atomic mass is 10.2. The number of hydrogen-bond donors (Lipinski definition) is 1. The molecule has 0 radical (unpaired) electrons. The molecule has 0 fully saturated rings. The van der Waals surface area contributed by atoms with Crippen LogP contribution in [0.3, 0.4) is 0 Å². The molecule has 12 heavy (non-hydrogen) atoms. The molecule has 0 aliphatic carbocycles. The highest BCUT2D eigenvalue weighted by molar-refractivity contribution is 7.13. The van der Waals surface area contributed by atoms with Gasteiger partial charge in [0.1, 0.15) is 10.8 Å². The topological polar surface area (TPSA) is 38.9 Å². The molecule has 2 nitrogen and oxygen atoms in total. The standard InChI is InChI=1S/C9H8N2S/c10-8-6-12-9(11-8)7-4-2-1-3-5-7/h1-6H,10H2/i1D,2D,3D,4D,5D,6D. The Morgan fingerprint density at radius 2 is 2.08 bits per heavy atom. The van der Waals surface area contributed by atoms with Gasteiger partial charge in [-0.3, -0.25) is 0 Å². The molecule has 2 rings (SSSR count). The monoisotopic (exact) mass is 182 g/mol. The van der Waals surface area contributed by atoms with E-state index in [9.17, 15) is 0 Å². The van der Waals surface area contributed by atoms with Gasteiger partial charge in [-0.25, -0.2) is 4.98 Å². The van der Waals surface area contributed by atoms with Gasteiger partial charge in [0, 0.05) is 10.9 Å². The fourth-order valence-electron chi connectivity index (χ4n) is 0.720. The first-order chi connectivity index (χ1) is 8.34. The molecule has 2 N–H and O–H groups in total. The van der Waals surface area contributed by atoms with E-state index in [0.717, 1.165) is 11.3 Å². The summed E-state index contributed by atoms with van der Waals surface area (Å²) in [5.41, 5.74) is 5.43. The molecule has 1 aromatic carbocycles. The summed E-state index contributed by atoms with van der Waals surface area (Å²) in [6.07, 6.45) is 0. The van der Waals surface area contributed by atoms with E-state index in [2.05, 4.69) is 4.98 Å². The third-order valence-electron chi connectivity index (χ3n) is 1.19. The maximum absolute atomic E-state index is 7.74. The van der Waals surface area contributed by atoms with Gasteiger partial charge in [-0.2, -0.15) is 0 Å². The van der Waals surface area contributed by atoms with Crippen molar-refractivity contribution in [3.63, 3.8) is 0 Å². The molecule has 1 heterocycles. The van der Waals surface area contributed by atoms with Gasteiger partial charge >= 0.3 is 0 Å². The summed E-state index contributed by atoms with van der Waals surface area (Å²) in [4.78, 5) is 3.85. The lowest BCUT2D eigenvalue weighted by Gasteiger charge is -1.92. The largest absolute Gasteiger partial charge is 0.383 e. The zero-order valence-corrected chi connectivity index (χ0v) is 6.75. The van der Waals surface area contributed by atoms with Crippen LogP contribution in [-0.2, 0) is 0 Å². The third-order valence-corrected chi connectivity index (χ3v) is 1.99. The number of benzene rings is 1. The number of thiazole rings is 1. The summed E-state index contributed by atoms with van der Waals surface area (Å²) in [6, 6.07) is -1.98. The van der Waals surface area contributed by atoms with Gasteiger partial charge in [0.05, 0.1) is 8.22 Å². The molecule has 0 amide bonds. The first-order valence-corrected chi connectivity index (χ1v) is 3.96. The number of hydrogen-bond acceptors (Lipinski definition) is 3. The molecule has 0 unspecified atom stereocenters. The second kappa shape index (κ2) is 2.95. The minimum Gasteiger partial charge on any atom is -0.383 e. The number of nitrogens with two attached hydrogens (primary N) is 1. The predicted octanol–water partition coefficient (Wildman–Crippen LogP) is 2.39. The van der Waals surface area contributed by atoms with Crippen molar-refractivity contribution in [1.29, 1.82) is 0 Å². The second-order valence-corrected chi connectivity index (χ2v) is 2.80. The highest BCUT2D eigenvalue weighted by Gasteiger charge is 1.99. The fraction of sp³-hybridized carbons (Fsp3) is 0. The molecular formula is C9H8N2S. The van der Waals surface area contributed by atoms with Crippen molar-refractivity contribution < 1.29 is 8.22 Å². The van der Waals surface area contributed by atoms with E-state index in [0.29, 0.717) is 0 Å². The number of aromatic nitrogens is 1. The first kappa shape index (κ1) is 3.18.